The first-order valence-electron chi connectivity index (χ1n) is 8.33. The first-order valence-corrected chi connectivity index (χ1v) is 8.33. The Bertz CT molecular complexity index is 499. The van der Waals surface area contributed by atoms with Crippen LogP contribution < -0.4 is 0 Å². The van der Waals surface area contributed by atoms with Gasteiger partial charge in [0.05, 0.1) is 12.7 Å². The summed E-state index contributed by atoms with van der Waals surface area (Å²) in [6, 6.07) is 0. The lowest BCUT2D eigenvalue weighted by molar-refractivity contribution is -0.141. The molecule has 0 aliphatic carbocycles. The number of esters is 1. The lowest BCUT2D eigenvalue weighted by Crippen LogP contribution is -2.00. The third kappa shape index (κ3) is 16.4. The lowest BCUT2D eigenvalue weighted by Gasteiger charge is -2.02. The number of aliphatic hydroxyl groups is 2. The van der Waals surface area contributed by atoms with Crippen LogP contribution in [0.4, 0.5) is 0 Å². The number of unbranched alkanes of at least 4 members (excludes halogenated alkanes) is 5. The molecular formula is C20H28O4. The largest absolute Gasteiger partial charge is 0.466 e. The first-order chi connectivity index (χ1) is 11.6. The van der Waals surface area contributed by atoms with Gasteiger partial charge >= 0.3 is 5.97 Å². The van der Waals surface area contributed by atoms with E-state index in [0.29, 0.717) is 13.0 Å². The van der Waals surface area contributed by atoms with Gasteiger partial charge in [0, 0.05) is 13.3 Å². The van der Waals surface area contributed by atoms with E-state index in [4.69, 9.17) is 9.84 Å². The Labute approximate surface area is 145 Å². The van der Waals surface area contributed by atoms with E-state index in [9.17, 15) is 9.90 Å². The molecule has 24 heavy (non-hydrogen) atoms. The lowest BCUT2D eigenvalue weighted by atomic mass is 10.1. The zero-order chi connectivity index (χ0) is 18.0. The van der Waals surface area contributed by atoms with Crippen molar-refractivity contribution in [2.45, 2.75) is 64.1 Å². The molecule has 0 aliphatic heterocycles. The zero-order valence-corrected chi connectivity index (χ0v) is 14.5. The van der Waals surface area contributed by atoms with Gasteiger partial charge in [-0.05, 0) is 31.1 Å². The summed E-state index contributed by atoms with van der Waals surface area (Å²) in [7, 11) is 0. The molecule has 0 heterocycles. The van der Waals surface area contributed by atoms with Crippen LogP contribution in [0.2, 0.25) is 0 Å². The Kier molecular flexibility index (Phi) is 14.5. The summed E-state index contributed by atoms with van der Waals surface area (Å²) in [4.78, 5) is 10.6. The van der Waals surface area contributed by atoms with E-state index in [0.717, 1.165) is 38.5 Å². The second-order valence-electron chi connectivity index (χ2n) is 5.35. The molecule has 2 N–H and O–H groups in total. The third-order valence-corrected chi connectivity index (χ3v) is 3.08. The van der Waals surface area contributed by atoms with Crippen molar-refractivity contribution in [1.29, 1.82) is 0 Å². The van der Waals surface area contributed by atoms with Gasteiger partial charge in [0.25, 0.3) is 0 Å². The second kappa shape index (κ2) is 15.9. The summed E-state index contributed by atoms with van der Waals surface area (Å²) in [6.45, 7) is 5.34. The maximum atomic E-state index is 10.6. The van der Waals surface area contributed by atoms with Crippen LogP contribution >= 0.6 is 0 Å². The van der Waals surface area contributed by atoms with Crippen LogP contribution in [-0.4, -0.2) is 35.0 Å². The number of rotatable bonds is 11. The summed E-state index contributed by atoms with van der Waals surface area (Å²) in [5, 5.41) is 18.8. The second-order valence-corrected chi connectivity index (χ2v) is 5.35. The topological polar surface area (TPSA) is 66.8 Å². The van der Waals surface area contributed by atoms with Crippen molar-refractivity contribution in [1.82, 2.24) is 0 Å². The van der Waals surface area contributed by atoms with Crippen molar-refractivity contribution in [2.24, 2.45) is 0 Å². The summed E-state index contributed by atoms with van der Waals surface area (Å²) < 4.78 is 4.86. The van der Waals surface area contributed by atoms with Crippen molar-refractivity contribution in [3.8, 4) is 23.7 Å². The average molecular weight is 332 g/mol. The smallest absolute Gasteiger partial charge is 0.302 e. The monoisotopic (exact) mass is 332 g/mol. The molecule has 2 atom stereocenters. The number of carbonyl (C=O) groups is 1. The van der Waals surface area contributed by atoms with Crippen molar-refractivity contribution in [3.63, 3.8) is 0 Å². The van der Waals surface area contributed by atoms with Crippen LogP contribution in [0.25, 0.3) is 0 Å². The quantitative estimate of drug-likeness (QED) is 0.264. The molecule has 4 nitrogen and oxygen atoms in total. The average Bonchev–Trinajstić information content (AvgIpc) is 2.55. The summed E-state index contributed by atoms with van der Waals surface area (Å²) in [5.74, 6) is 10.1. The number of aliphatic hydroxyl groups excluding tert-OH is 2. The molecule has 0 saturated heterocycles. The fourth-order valence-electron chi connectivity index (χ4n) is 1.80. The van der Waals surface area contributed by atoms with Crippen molar-refractivity contribution < 1.29 is 19.7 Å². The van der Waals surface area contributed by atoms with Gasteiger partial charge in [0.1, 0.15) is 6.10 Å². The van der Waals surface area contributed by atoms with Gasteiger partial charge in [0.2, 0.25) is 0 Å². The molecule has 0 radical (unpaired) electrons. The molecule has 0 saturated carbocycles. The SMILES string of the molecule is C=CC(O)C#CC#CCC(O)C=CCCCCCCCOC(C)=O. The minimum Gasteiger partial charge on any atom is -0.466 e. The van der Waals surface area contributed by atoms with Gasteiger partial charge in [-0.3, -0.25) is 4.79 Å². The van der Waals surface area contributed by atoms with Crippen molar-refractivity contribution >= 4 is 5.97 Å². The van der Waals surface area contributed by atoms with Crippen LogP contribution in [0.5, 0.6) is 0 Å². The highest BCUT2D eigenvalue weighted by Gasteiger charge is 1.95. The fourth-order valence-corrected chi connectivity index (χ4v) is 1.80. The van der Waals surface area contributed by atoms with Gasteiger partial charge in [-0.15, -0.1) is 0 Å². The Hall–Kier alpha value is -2.01. The molecule has 0 bridgehead atoms. The summed E-state index contributed by atoms with van der Waals surface area (Å²) in [6.07, 6.45) is 10.2. The van der Waals surface area contributed by atoms with E-state index >= 15 is 0 Å². The van der Waals surface area contributed by atoms with Gasteiger partial charge in [-0.1, -0.05) is 55.9 Å². The van der Waals surface area contributed by atoms with Crippen LogP contribution in [0.3, 0.4) is 0 Å². The molecule has 132 valence electrons. The standard InChI is InChI=1S/C20H28O4/c1-3-19(22)14-11-9-12-16-20(23)15-10-7-5-4-6-8-13-17-24-18(2)21/h3,10,15,19-20,22-23H,1,4-8,13,16-17H2,2H3. The van der Waals surface area contributed by atoms with Gasteiger partial charge < -0.3 is 14.9 Å². The van der Waals surface area contributed by atoms with Crippen molar-refractivity contribution in [2.75, 3.05) is 6.61 Å². The molecule has 0 fully saturated rings. The van der Waals surface area contributed by atoms with E-state index < -0.39 is 12.2 Å². The van der Waals surface area contributed by atoms with Crippen LogP contribution in [0.15, 0.2) is 24.8 Å². The molecular weight excluding hydrogens is 304 g/mol. The Balaban J connectivity index is 3.59. The Morgan fingerprint density at radius 3 is 2.58 bits per heavy atom. The highest BCUT2D eigenvalue weighted by molar-refractivity contribution is 5.65. The van der Waals surface area contributed by atoms with Crippen LogP contribution in [0, 0.1) is 23.7 Å². The predicted octanol–water partition coefficient (Wildman–Crippen LogP) is 2.75. The van der Waals surface area contributed by atoms with E-state index in [-0.39, 0.29) is 5.97 Å². The third-order valence-electron chi connectivity index (χ3n) is 3.08. The fraction of sp³-hybridized carbons (Fsp3) is 0.550. The predicted molar refractivity (Wildman–Crippen MR) is 95.9 cm³/mol. The van der Waals surface area contributed by atoms with Gasteiger partial charge in [0.15, 0.2) is 0 Å². The molecule has 0 aromatic heterocycles. The van der Waals surface area contributed by atoms with Gasteiger partial charge in [-0.2, -0.15) is 0 Å². The number of hydrogen-bond acceptors (Lipinski definition) is 4. The highest BCUT2D eigenvalue weighted by atomic mass is 16.5. The summed E-state index contributed by atoms with van der Waals surface area (Å²) >= 11 is 0. The van der Waals surface area contributed by atoms with Crippen LogP contribution in [0.1, 0.15) is 51.9 Å². The maximum absolute atomic E-state index is 10.6. The Morgan fingerprint density at radius 2 is 1.88 bits per heavy atom. The van der Waals surface area contributed by atoms with E-state index in [2.05, 4.69) is 30.3 Å². The maximum Gasteiger partial charge on any atom is 0.302 e. The van der Waals surface area contributed by atoms with Crippen molar-refractivity contribution in [3.05, 3.63) is 24.8 Å². The first kappa shape index (κ1) is 22.0. The molecule has 0 aromatic carbocycles. The van der Waals surface area contributed by atoms with E-state index in [1.165, 1.54) is 13.0 Å². The van der Waals surface area contributed by atoms with Gasteiger partial charge in [-0.25, -0.2) is 0 Å². The highest BCUT2D eigenvalue weighted by Crippen LogP contribution is 2.06. The zero-order valence-electron chi connectivity index (χ0n) is 14.5. The molecule has 0 aromatic rings. The number of carbonyl (C=O) groups excluding carboxylic acids is 1. The molecule has 4 heteroatoms. The normalized spacial score (nSPS) is 12.5. The minimum absolute atomic E-state index is 0.218. The molecule has 0 rings (SSSR count). The van der Waals surface area contributed by atoms with Crippen LogP contribution in [-0.2, 0) is 9.53 Å². The number of hydrogen-bond donors (Lipinski definition) is 2. The molecule has 0 amide bonds. The minimum atomic E-state index is -0.856. The van der Waals surface area contributed by atoms with E-state index in [1.54, 1.807) is 6.08 Å². The molecule has 2 unspecified atom stereocenters. The Morgan fingerprint density at radius 1 is 1.17 bits per heavy atom. The molecule has 0 spiro atoms. The van der Waals surface area contributed by atoms with E-state index in [1.807, 2.05) is 6.08 Å². The molecule has 0 aliphatic rings. The number of ether oxygens (including phenoxy) is 1. The summed E-state index contributed by atoms with van der Waals surface area (Å²) in [5.41, 5.74) is 0. The number of allylic oxidation sites excluding steroid dienone is 1.